The summed E-state index contributed by atoms with van der Waals surface area (Å²) in [5.41, 5.74) is 1.46. The van der Waals surface area contributed by atoms with E-state index in [1.54, 1.807) is 0 Å². The number of carbonyl (C=O) groups excluding carboxylic acids is 4. The number of rotatable bonds is 10. The molecule has 4 aliphatic heterocycles. The summed E-state index contributed by atoms with van der Waals surface area (Å²) in [6, 6.07) is 0. The normalized spacial score (nSPS) is 40.2. The summed E-state index contributed by atoms with van der Waals surface area (Å²) in [7, 11) is 0. The summed E-state index contributed by atoms with van der Waals surface area (Å²) in [5.74, 6) is -0.522. The highest BCUT2D eigenvalue weighted by Gasteiger charge is 2.63. The summed E-state index contributed by atoms with van der Waals surface area (Å²) in [5, 5.41) is 0. The molecule has 0 spiro atoms. The molecule has 0 amide bonds. The van der Waals surface area contributed by atoms with Crippen LogP contribution in [0.4, 0.5) is 9.59 Å². The second-order valence-electron chi connectivity index (χ2n) is 15.1. The number of hydrogen-bond donors (Lipinski definition) is 0. The van der Waals surface area contributed by atoms with Gasteiger partial charge in [0, 0.05) is 11.8 Å². The van der Waals surface area contributed by atoms with E-state index >= 15 is 0 Å². The van der Waals surface area contributed by atoms with Crippen LogP contribution in [0.3, 0.4) is 0 Å². The number of unbranched alkanes of at least 4 members (excludes halogenated alkanes) is 2. The smallest absolute Gasteiger partial charge is 0.459 e. The van der Waals surface area contributed by atoms with Crippen molar-refractivity contribution in [1.29, 1.82) is 0 Å². The van der Waals surface area contributed by atoms with Crippen LogP contribution < -0.4 is 0 Å². The van der Waals surface area contributed by atoms with Gasteiger partial charge in [-0.2, -0.15) is 0 Å². The van der Waals surface area contributed by atoms with Crippen molar-refractivity contribution in [2.24, 2.45) is 23.7 Å². The highest BCUT2D eigenvalue weighted by atomic mass is 16.7. The highest BCUT2D eigenvalue weighted by Crippen LogP contribution is 2.51. The molecular formula is C37H52O12. The number of allylic oxidation sites excluding steroid dienone is 2. The SMILES string of the molecule is C[C@@H]1C(=O)O[C@H]2[C@H]1CC/C(COC(=O)OCCCCCOC(=O)OC/C1=C/CC[C@@]3(C)O[C@H]3[C@H]3OC(=O)[C@@H](C)[C@@H]3CC1)=C\CC[C@@]1(C)O[C@@H]21. The van der Waals surface area contributed by atoms with Crippen molar-refractivity contribution in [2.45, 2.75) is 134 Å². The van der Waals surface area contributed by atoms with Gasteiger partial charge >= 0.3 is 24.2 Å². The summed E-state index contributed by atoms with van der Waals surface area (Å²) in [6.45, 7) is 8.67. The van der Waals surface area contributed by atoms with Gasteiger partial charge in [-0.3, -0.25) is 9.59 Å². The van der Waals surface area contributed by atoms with Crippen molar-refractivity contribution in [1.82, 2.24) is 0 Å². The van der Waals surface area contributed by atoms with E-state index in [1.807, 2.05) is 13.8 Å². The number of hydrogen-bond acceptors (Lipinski definition) is 12. The molecule has 6 aliphatic rings. The lowest BCUT2D eigenvalue weighted by atomic mass is 9.81. The van der Waals surface area contributed by atoms with Crippen molar-refractivity contribution >= 4 is 24.2 Å². The maximum atomic E-state index is 12.3. The van der Waals surface area contributed by atoms with Crippen LogP contribution in [0.5, 0.6) is 0 Å². The van der Waals surface area contributed by atoms with E-state index in [2.05, 4.69) is 26.0 Å². The molecule has 12 heteroatoms. The molecule has 2 aliphatic carbocycles. The Morgan fingerprint density at radius 1 is 0.694 bits per heavy atom. The molecule has 0 N–H and O–H groups in total. The van der Waals surface area contributed by atoms with E-state index in [4.69, 9.17) is 37.9 Å². The number of fused-ring (bicyclic) bond motifs is 6. The van der Waals surface area contributed by atoms with E-state index in [0.29, 0.717) is 32.1 Å². The minimum atomic E-state index is -0.716. The summed E-state index contributed by atoms with van der Waals surface area (Å²) in [4.78, 5) is 49.0. The third-order valence-electron chi connectivity index (χ3n) is 11.6. The van der Waals surface area contributed by atoms with E-state index in [-0.39, 0.29) is 97.7 Å². The molecule has 0 radical (unpaired) electrons. The Labute approximate surface area is 288 Å². The molecule has 4 heterocycles. The minimum absolute atomic E-state index is 0.0391. The van der Waals surface area contributed by atoms with E-state index < -0.39 is 12.3 Å². The van der Waals surface area contributed by atoms with Gasteiger partial charge in [0.25, 0.3) is 0 Å². The molecule has 0 aromatic heterocycles. The minimum Gasteiger partial charge on any atom is -0.459 e. The van der Waals surface area contributed by atoms with Crippen molar-refractivity contribution in [3.63, 3.8) is 0 Å². The van der Waals surface area contributed by atoms with Crippen LogP contribution in [0.1, 0.15) is 98.3 Å². The van der Waals surface area contributed by atoms with Crippen molar-refractivity contribution in [2.75, 3.05) is 26.4 Å². The maximum absolute atomic E-state index is 12.3. The fourth-order valence-corrected chi connectivity index (χ4v) is 8.10. The highest BCUT2D eigenvalue weighted by molar-refractivity contribution is 5.75. The number of carbonyl (C=O) groups is 4. The molecule has 272 valence electrons. The van der Waals surface area contributed by atoms with Gasteiger partial charge in [0.05, 0.1) is 36.3 Å². The molecule has 49 heavy (non-hydrogen) atoms. The second-order valence-corrected chi connectivity index (χ2v) is 15.1. The first-order valence-corrected chi connectivity index (χ1v) is 18.2. The molecule has 0 unspecified atom stereocenters. The monoisotopic (exact) mass is 688 g/mol. The topological polar surface area (TPSA) is 149 Å². The van der Waals surface area contributed by atoms with E-state index in [1.165, 1.54) is 0 Å². The fourth-order valence-electron chi connectivity index (χ4n) is 8.10. The zero-order chi connectivity index (χ0) is 34.8. The molecule has 0 bridgehead atoms. The number of epoxide rings is 2. The average molecular weight is 689 g/mol. The van der Waals surface area contributed by atoms with Gasteiger partial charge in [0.15, 0.2) is 0 Å². The number of ether oxygens (including phenoxy) is 8. The summed E-state index contributed by atoms with van der Waals surface area (Å²) < 4.78 is 44.6. The van der Waals surface area contributed by atoms with Gasteiger partial charge in [-0.15, -0.1) is 0 Å². The summed E-state index contributed by atoms with van der Waals surface area (Å²) >= 11 is 0. The second kappa shape index (κ2) is 15.0. The molecule has 6 rings (SSSR count). The van der Waals surface area contributed by atoms with E-state index in [9.17, 15) is 19.2 Å². The van der Waals surface area contributed by atoms with Crippen LogP contribution >= 0.6 is 0 Å². The average Bonchev–Trinajstić information content (AvgIpc) is 3.88. The van der Waals surface area contributed by atoms with Crippen LogP contribution in [-0.2, 0) is 47.5 Å². The van der Waals surface area contributed by atoms with Crippen molar-refractivity contribution in [3.8, 4) is 0 Å². The van der Waals surface area contributed by atoms with Gasteiger partial charge in [-0.05, 0) is 95.6 Å². The molecule has 0 saturated carbocycles. The van der Waals surface area contributed by atoms with Crippen LogP contribution in [0, 0.1) is 23.7 Å². The molecule has 4 fully saturated rings. The zero-order valence-electron chi connectivity index (χ0n) is 29.3. The Morgan fingerprint density at radius 2 is 1.12 bits per heavy atom. The van der Waals surface area contributed by atoms with Gasteiger partial charge in [0.1, 0.15) is 37.6 Å². The quantitative estimate of drug-likeness (QED) is 0.0854. The van der Waals surface area contributed by atoms with E-state index in [0.717, 1.165) is 49.7 Å². The Hall–Kier alpha value is -3.12. The first kappa shape index (κ1) is 35.7. The molecule has 4 saturated heterocycles. The Morgan fingerprint density at radius 3 is 1.55 bits per heavy atom. The Bertz CT molecular complexity index is 1230. The molecule has 10 atom stereocenters. The van der Waals surface area contributed by atoms with Gasteiger partial charge < -0.3 is 37.9 Å². The Balaban J connectivity index is 0.827. The van der Waals surface area contributed by atoms with Gasteiger partial charge in [-0.1, -0.05) is 26.0 Å². The number of esters is 2. The van der Waals surface area contributed by atoms with Crippen molar-refractivity contribution < 1.29 is 57.1 Å². The molecule has 0 aromatic carbocycles. The van der Waals surface area contributed by atoms with Crippen LogP contribution in [-0.4, -0.2) is 86.3 Å². The zero-order valence-corrected chi connectivity index (χ0v) is 29.3. The van der Waals surface area contributed by atoms with Crippen LogP contribution in [0.15, 0.2) is 23.3 Å². The van der Waals surface area contributed by atoms with Crippen LogP contribution in [0.2, 0.25) is 0 Å². The lowest BCUT2D eigenvalue weighted by Gasteiger charge is -2.21. The molecule has 12 nitrogen and oxygen atoms in total. The predicted molar refractivity (Wildman–Crippen MR) is 173 cm³/mol. The molecule has 0 aromatic rings. The lowest BCUT2D eigenvalue weighted by Crippen LogP contribution is -2.30. The fraction of sp³-hybridized carbons (Fsp3) is 0.784. The third kappa shape index (κ3) is 8.44. The Kier molecular flexibility index (Phi) is 10.9. The summed E-state index contributed by atoms with van der Waals surface area (Å²) in [6.07, 6.45) is 10.4. The van der Waals surface area contributed by atoms with Crippen molar-refractivity contribution in [3.05, 3.63) is 23.3 Å². The van der Waals surface area contributed by atoms with Gasteiger partial charge in [0.2, 0.25) is 0 Å². The first-order valence-electron chi connectivity index (χ1n) is 18.2. The lowest BCUT2D eigenvalue weighted by molar-refractivity contribution is -0.145. The first-order chi connectivity index (χ1) is 23.5. The third-order valence-corrected chi connectivity index (χ3v) is 11.6. The largest absolute Gasteiger partial charge is 0.508 e. The van der Waals surface area contributed by atoms with Gasteiger partial charge in [-0.25, -0.2) is 9.59 Å². The predicted octanol–water partition coefficient (Wildman–Crippen LogP) is 6.13. The maximum Gasteiger partial charge on any atom is 0.508 e. The molecular weight excluding hydrogens is 636 g/mol. The standard InChI is InChI=1S/C37H52O12/c1-22-26-14-12-24(10-8-16-36(3)30(48-36)28(26)46-32(22)38)20-44-34(40)42-18-6-5-7-19-43-35(41)45-21-25-11-9-17-37(4)31(49-37)29-27(15-13-25)23(2)33(39)47-29/h10-11,22-23,26-31H,5-9,12-21H2,1-4H3/b24-10+,25-11+/t22-,23-,26-,27-,28-,29-,30-,31-,36+,37+/m0/s1. The van der Waals surface area contributed by atoms with Crippen LogP contribution in [0.25, 0.3) is 0 Å².